The molecule has 0 saturated carbocycles. The lowest BCUT2D eigenvalue weighted by atomic mass is 10.9. The summed E-state index contributed by atoms with van der Waals surface area (Å²) >= 11 is 0. The van der Waals surface area contributed by atoms with Gasteiger partial charge >= 0.3 is 15.6 Å². The fourth-order valence-corrected chi connectivity index (χ4v) is 1.76. The Labute approximate surface area is 104 Å². The van der Waals surface area contributed by atoms with Gasteiger partial charge in [-0.1, -0.05) is 0 Å². The fraction of sp³-hybridized carbons (Fsp3) is 1.00. The molecule has 0 aliphatic rings. The van der Waals surface area contributed by atoms with Crippen molar-refractivity contribution in [3.63, 3.8) is 0 Å². The molecule has 0 spiro atoms. The Morgan fingerprint density at radius 2 is 1.00 bits per heavy atom. The maximum absolute atomic E-state index is 11.3. The second-order valence-electron chi connectivity index (χ2n) is 2.21. The lowest BCUT2D eigenvalue weighted by Gasteiger charge is -2.14. The number of hydrogen-bond acceptors (Lipinski definition) is 5. The van der Waals surface area contributed by atoms with Crippen LogP contribution in [0.1, 0.15) is 20.8 Å². The van der Waals surface area contributed by atoms with Crippen LogP contribution < -0.4 is 0 Å². The van der Waals surface area contributed by atoms with Crippen molar-refractivity contribution in [2.75, 3.05) is 19.8 Å². The third-order valence-electron chi connectivity index (χ3n) is 0.862. The minimum absolute atomic E-state index is 0. The Morgan fingerprint density at radius 1 is 0.824 bits per heavy atom. The number of phosphoric acid groups is 2. The molecule has 17 heavy (non-hydrogen) atoms. The second kappa shape index (κ2) is 11.7. The molecule has 0 amide bonds. The van der Waals surface area contributed by atoms with Gasteiger partial charge in [-0.05, 0) is 20.8 Å². The molecule has 11 heteroatoms. The van der Waals surface area contributed by atoms with Crippen molar-refractivity contribution in [1.29, 1.82) is 0 Å². The van der Waals surface area contributed by atoms with E-state index in [1.54, 1.807) is 20.8 Å². The van der Waals surface area contributed by atoms with Gasteiger partial charge < -0.3 is 14.7 Å². The highest BCUT2D eigenvalue weighted by molar-refractivity contribution is 7.48. The van der Waals surface area contributed by atoms with Crippen molar-refractivity contribution in [3.8, 4) is 0 Å². The van der Waals surface area contributed by atoms with Crippen molar-refractivity contribution in [3.05, 3.63) is 0 Å². The van der Waals surface area contributed by atoms with Crippen LogP contribution in [0.2, 0.25) is 0 Å². The summed E-state index contributed by atoms with van der Waals surface area (Å²) < 4.78 is 34.7. The zero-order chi connectivity index (χ0) is 13.2. The van der Waals surface area contributed by atoms with Gasteiger partial charge in [-0.3, -0.25) is 13.6 Å². The van der Waals surface area contributed by atoms with E-state index >= 15 is 0 Å². The lowest BCUT2D eigenvalue weighted by Crippen LogP contribution is -1.99. The summed E-state index contributed by atoms with van der Waals surface area (Å²) in [6.07, 6.45) is 0. The molecule has 0 aromatic heterocycles. The summed E-state index contributed by atoms with van der Waals surface area (Å²) in [5, 5.41) is 0. The van der Waals surface area contributed by atoms with Crippen molar-refractivity contribution in [2.24, 2.45) is 0 Å². The number of hydrogen-bond donors (Lipinski definition) is 3. The van der Waals surface area contributed by atoms with Crippen LogP contribution in [-0.2, 0) is 22.7 Å². The van der Waals surface area contributed by atoms with Crippen LogP contribution in [0, 0.1) is 0 Å². The first-order chi connectivity index (χ1) is 7.18. The molecule has 0 aromatic rings. The van der Waals surface area contributed by atoms with Crippen LogP contribution in [0.3, 0.4) is 0 Å². The Morgan fingerprint density at radius 3 is 1.12 bits per heavy atom. The summed E-state index contributed by atoms with van der Waals surface area (Å²) in [5.41, 5.74) is 0. The summed E-state index contributed by atoms with van der Waals surface area (Å²) in [6, 6.07) is 0. The first kappa shape index (κ1) is 22.8. The summed E-state index contributed by atoms with van der Waals surface area (Å²) in [7, 11) is -7.86. The van der Waals surface area contributed by atoms with E-state index in [1.165, 1.54) is 0 Å². The molecular formula is C6H18O8P3. The van der Waals surface area contributed by atoms with E-state index in [0.29, 0.717) is 19.8 Å². The standard InChI is InChI=1S/C6H15O4P.H3O4P.P/c1-4-8-11(7,9-5-2)10-6-3;1-5(2,3)4;/h4-6H2,1-3H3;(H3,1,2,3,4);. The second-order valence-corrected chi connectivity index (χ2v) is 4.91. The van der Waals surface area contributed by atoms with E-state index in [4.69, 9.17) is 32.8 Å². The third kappa shape index (κ3) is 22.3. The molecule has 105 valence electrons. The molecule has 0 saturated heterocycles. The average molecular weight is 311 g/mol. The maximum Gasteiger partial charge on any atom is 0.474 e. The molecule has 0 unspecified atom stereocenters. The van der Waals surface area contributed by atoms with Gasteiger partial charge in [0.1, 0.15) is 0 Å². The molecule has 3 radical (unpaired) electrons. The molecule has 0 fully saturated rings. The number of rotatable bonds is 6. The van der Waals surface area contributed by atoms with Crippen LogP contribution in [-0.4, -0.2) is 34.5 Å². The van der Waals surface area contributed by atoms with Crippen molar-refractivity contribution in [2.45, 2.75) is 20.8 Å². The summed E-state index contributed by atoms with van der Waals surface area (Å²) in [4.78, 5) is 21.6. The van der Waals surface area contributed by atoms with Crippen LogP contribution in [0.5, 0.6) is 0 Å². The zero-order valence-corrected chi connectivity index (χ0v) is 12.5. The highest BCUT2D eigenvalue weighted by Crippen LogP contribution is 2.48. The summed E-state index contributed by atoms with van der Waals surface area (Å²) in [5.74, 6) is 0. The fourth-order valence-electron chi connectivity index (χ4n) is 0.586. The molecule has 0 aromatic carbocycles. The van der Waals surface area contributed by atoms with Gasteiger partial charge in [0, 0.05) is 9.90 Å². The van der Waals surface area contributed by atoms with Crippen LogP contribution in [0.25, 0.3) is 0 Å². The molecule has 8 nitrogen and oxygen atoms in total. The van der Waals surface area contributed by atoms with Crippen LogP contribution in [0.4, 0.5) is 0 Å². The SMILES string of the molecule is CCOP(=O)(OCC)OCC.O=P(O)(O)O.[P]. The molecule has 3 N–H and O–H groups in total. The Balaban J connectivity index is -0.000000280. The first-order valence-electron chi connectivity index (χ1n) is 4.50. The maximum atomic E-state index is 11.3. The van der Waals surface area contributed by atoms with Gasteiger partial charge in [-0.25, -0.2) is 9.13 Å². The number of phosphoric ester groups is 1. The van der Waals surface area contributed by atoms with Crippen LogP contribution in [0.15, 0.2) is 0 Å². The molecule has 0 aliphatic heterocycles. The summed E-state index contributed by atoms with van der Waals surface area (Å²) in [6.45, 7) is 6.21. The Bertz CT molecular complexity index is 220. The van der Waals surface area contributed by atoms with Gasteiger partial charge in [-0.15, -0.1) is 0 Å². The quantitative estimate of drug-likeness (QED) is 0.638. The zero-order valence-electron chi connectivity index (χ0n) is 9.85. The van der Waals surface area contributed by atoms with E-state index in [0.717, 1.165) is 0 Å². The first-order valence-corrected chi connectivity index (χ1v) is 7.53. The molecular weight excluding hydrogens is 293 g/mol. The molecule has 0 heterocycles. The van der Waals surface area contributed by atoms with E-state index < -0.39 is 15.6 Å². The van der Waals surface area contributed by atoms with Crippen LogP contribution >= 0.6 is 25.5 Å². The predicted molar refractivity (Wildman–Crippen MR) is 63.7 cm³/mol. The highest BCUT2D eigenvalue weighted by Gasteiger charge is 2.23. The molecule has 0 atom stereocenters. The van der Waals surface area contributed by atoms with E-state index in [9.17, 15) is 4.57 Å². The van der Waals surface area contributed by atoms with E-state index in [1.807, 2.05) is 0 Å². The monoisotopic (exact) mass is 311 g/mol. The van der Waals surface area contributed by atoms with Crippen molar-refractivity contribution in [1.82, 2.24) is 0 Å². The van der Waals surface area contributed by atoms with Crippen molar-refractivity contribution >= 4 is 25.5 Å². The normalized spacial score (nSPS) is 11.2. The van der Waals surface area contributed by atoms with Gasteiger partial charge in [0.25, 0.3) is 0 Å². The van der Waals surface area contributed by atoms with Gasteiger partial charge in [0.05, 0.1) is 19.8 Å². The predicted octanol–water partition coefficient (Wildman–Crippen LogP) is 2.14. The minimum atomic E-state index is -4.64. The highest BCUT2D eigenvalue weighted by atomic mass is 31.2. The van der Waals surface area contributed by atoms with Gasteiger partial charge in [0.15, 0.2) is 0 Å². The average Bonchev–Trinajstić information content (AvgIpc) is 2.01. The Hall–Kier alpha value is 0.650. The Kier molecular flexibility index (Phi) is 15.7. The van der Waals surface area contributed by atoms with Gasteiger partial charge in [0.2, 0.25) is 0 Å². The largest absolute Gasteiger partial charge is 0.474 e. The van der Waals surface area contributed by atoms with E-state index in [-0.39, 0.29) is 9.90 Å². The minimum Gasteiger partial charge on any atom is -0.303 e. The smallest absolute Gasteiger partial charge is 0.303 e. The molecule has 0 rings (SSSR count). The van der Waals surface area contributed by atoms with Crippen molar-refractivity contribution < 1.29 is 37.4 Å². The third-order valence-corrected chi connectivity index (χ3v) is 2.58. The van der Waals surface area contributed by atoms with E-state index in [2.05, 4.69) is 0 Å². The molecule has 0 aliphatic carbocycles. The topological polar surface area (TPSA) is 123 Å². The lowest BCUT2D eigenvalue weighted by molar-refractivity contribution is 0.126. The molecule has 0 bridgehead atoms. The van der Waals surface area contributed by atoms with Gasteiger partial charge in [-0.2, -0.15) is 0 Å².